The van der Waals surface area contributed by atoms with Gasteiger partial charge in [0.05, 0.1) is 23.0 Å². The predicted octanol–water partition coefficient (Wildman–Crippen LogP) is 4.54. The minimum absolute atomic E-state index is 0.0424. The van der Waals surface area contributed by atoms with Crippen molar-refractivity contribution >= 4 is 17.3 Å². The van der Waals surface area contributed by atoms with Gasteiger partial charge in [0.1, 0.15) is 11.4 Å². The zero-order chi connectivity index (χ0) is 20.6. The van der Waals surface area contributed by atoms with Crippen LogP contribution in [0.25, 0.3) is 11.1 Å². The number of nitriles is 1. The molecule has 0 saturated heterocycles. The second-order valence-corrected chi connectivity index (χ2v) is 6.14. The maximum Gasteiger partial charge on any atom is 0.312 e. The summed E-state index contributed by atoms with van der Waals surface area (Å²) in [6.07, 6.45) is 0.0590. The monoisotopic (exact) mass is 387 g/mol. The first kappa shape index (κ1) is 19.6. The Morgan fingerprint density at radius 1 is 1.00 bits per heavy atom. The highest BCUT2D eigenvalue weighted by Crippen LogP contribution is 2.24. The molecule has 1 N–H and O–H groups in total. The number of esters is 1. The van der Waals surface area contributed by atoms with Crippen LogP contribution in [-0.2, 0) is 4.79 Å². The molecule has 0 saturated carbocycles. The molecule has 144 valence electrons. The van der Waals surface area contributed by atoms with Gasteiger partial charge >= 0.3 is 5.97 Å². The third kappa shape index (κ3) is 5.17. The molecule has 3 aromatic rings. The third-order valence-electron chi connectivity index (χ3n) is 4.18. The lowest BCUT2D eigenvalue weighted by molar-refractivity contribution is -0.384. The van der Waals surface area contributed by atoms with Crippen LogP contribution < -0.4 is 10.1 Å². The standard InChI is InChI=1S/C22H17N3O4/c23-15-16-5-7-17(8-6-16)18-9-11-19(12-10-18)29-22(26)13-14-24-20-3-1-2-4-21(20)25(27)28/h1-12,24H,13-14H2. The van der Waals surface area contributed by atoms with E-state index in [0.29, 0.717) is 17.0 Å². The fourth-order valence-corrected chi connectivity index (χ4v) is 2.72. The van der Waals surface area contributed by atoms with E-state index in [-0.39, 0.29) is 18.7 Å². The van der Waals surface area contributed by atoms with Gasteiger partial charge in [-0.05, 0) is 41.5 Å². The van der Waals surface area contributed by atoms with E-state index < -0.39 is 10.9 Å². The molecule has 0 heterocycles. The Morgan fingerprint density at radius 3 is 2.24 bits per heavy atom. The average molecular weight is 387 g/mol. The highest BCUT2D eigenvalue weighted by atomic mass is 16.6. The van der Waals surface area contributed by atoms with Crippen molar-refractivity contribution < 1.29 is 14.5 Å². The quantitative estimate of drug-likeness (QED) is 0.276. The second kappa shape index (κ2) is 9.15. The van der Waals surface area contributed by atoms with Crippen molar-refractivity contribution in [1.29, 1.82) is 5.26 Å². The van der Waals surface area contributed by atoms with Crippen molar-refractivity contribution in [3.8, 4) is 22.9 Å². The maximum absolute atomic E-state index is 12.0. The second-order valence-electron chi connectivity index (χ2n) is 6.14. The summed E-state index contributed by atoms with van der Waals surface area (Å²) in [6.45, 7) is 0.215. The van der Waals surface area contributed by atoms with Gasteiger partial charge in [-0.3, -0.25) is 14.9 Å². The smallest absolute Gasteiger partial charge is 0.312 e. The minimum Gasteiger partial charge on any atom is -0.426 e. The van der Waals surface area contributed by atoms with Crippen molar-refractivity contribution in [1.82, 2.24) is 0 Å². The Labute approximate surface area is 167 Å². The lowest BCUT2D eigenvalue weighted by Gasteiger charge is -2.08. The molecule has 3 rings (SSSR count). The minimum atomic E-state index is -0.476. The molecule has 7 heteroatoms. The van der Waals surface area contributed by atoms with Crippen molar-refractivity contribution in [2.75, 3.05) is 11.9 Å². The molecular formula is C22H17N3O4. The summed E-state index contributed by atoms with van der Waals surface area (Å²) in [5.41, 5.74) is 2.80. The van der Waals surface area contributed by atoms with E-state index in [2.05, 4.69) is 11.4 Å². The number of nitro benzene ring substituents is 1. The first-order chi connectivity index (χ1) is 14.1. The first-order valence-electron chi connectivity index (χ1n) is 8.85. The van der Waals surface area contributed by atoms with Crippen LogP contribution >= 0.6 is 0 Å². The van der Waals surface area contributed by atoms with Crippen LogP contribution in [0.15, 0.2) is 72.8 Å². The highest BCUT2D eigenvalue weighted by molar-refractivity contribution is 5.74. The number of nitro groups is 1. The number of carbonyl (C=O) groups is 1. The third-order valence-corrected chi connectivity index (χ3v) is 4.18. The zero-order valence-electron chi connectivity index (χ0n) is 15.4. The number of para-hydroxylation sites is 2. The largest absolute Gasteiger partial charge is 0.426 e. The Kier molecular flexibility index (Phi) is 6.18. The van der Waals surface area contributed by atoms with Gasteiger partial charge in [0, 0.05) is 12.6 Å². The maximum atomic E-state index is 12.0. The van der Waals surface area contributed by atoms with Gasteiger partial charge in [0.2, 0.25) is 0 Å². The number of carbonyl (C=O) groups excluding carboxylic acids is 1. The summed E-state index contributed by atoms with van der Waals surface area (Å²) in [5.74, 6) is -0.0275. The molecule has 7 nitrogen and oxygen atoms in total. The van der Waals surface area contributed by atoms with Crippen LogP contribution in [0.1, 0.15) is 12.0 Å². The molecule has 0 aromatic heterocycles. The average Bonchev–Trinajstić information content (AvgIpc) is 2.74. The SMILES string of the molecule is N#Cc1ccc(-c2ccc(OC(=O)CCNc3ccccc3[N+](=O)[O-])cc2)cc1. The summed E-state index contributed by atoms with van der Waals surface area (Å²) >= 11 is 0. The van der Waals surface area contributed by atoms with Gasteiger partial charge in [0.15, 0.2) is 0 Å². The number of nitrogens with zero attached hydrogens (tertiary/aromatic N) is 2. The lowest BCUT2D eigenvalue weighted by atomic mass is 10.0. The van der Waals surface area contributed by atoms with E-state index in [1.54, 1.807) is 42.5 Å². The highest BCUT2D eigenvalue weighted by Gasteiger charge is 2.12. The van der Waals surface area contributed by atoms with Crippen molar-refractivity contribution in [2.45, 2.75) is 6.42 Å². The molecule has 0 amide bonds. The summed E-state index contributed by atoms with van der Waals surface area (Å²) in [5, 5.41) is 22.7. The van der Waals surface area contributed by atoms with Gasteiger partial charge in [-0.25, -0.2) is 0 Å². The van der Waals surface area contributed by atoms with Gasteiger partial charge in [0.25, 0.3) is 5.69 Å². The first-order valence-corrected chi connectivity index (χ1v) is 8.85. The topological polar surface area (TPSA) is 105 Å². The van der Waals surface area contributed by atoms with Crippen LogP contribution in [0.4, 0.5) is 11.4 Å². The Morgan fingerprint density at radius 2 is 1.62 bits per heavy atom. The lowest BCUT2D eigenvalue weighted by Crippen LogP contribution is -2.14. The van der Waals surface area contributed by atoms with Crippen molar-refractivity contribution in [3.63, 3.8) is 0 Å². The molecule has 0 spiro atoms. The Bertz CT molecular complexity index is 1050. The summed E-state index contributed by atoms with van der Waals surface area (Å²) in [6, 6.07) is 22.6. The van der Waals surface area contributed by atoms with Gasteiger partial charge in [-0.2, -0.15) is 5.26 Å². The molecule has 3 aromatic carbocycles. The number of hydrogen-bond donors (Lipinski definition) is 1. The van der Waals surface area contributed by atoms with Gasteiger partial charge < -0.3 is 10.1 Å². The van der Waals surface area contributed by atoms with Gasteiger partial charge in [-0.1, -0.05) is 36.4 Å². The van der Waals surface area contributed by atoms with E-state index in [1.807, 2.05) is 24.3 Å². The number of nitrogens with one attached hydrogen (secondary N) is 1. The van der Waals surface area contributed by atoms with Crippen LogP contribution in [0.5, 0.6) is 5.75 Å². The van der Waals surface area contributed by atoms with Crippen molar-refractivity contribution in [2.24, 2.45) is 0 Å². The number of ether oxygens (including phenoxy) is 1. The zero-order valence-corrected chi connectivity index (χ0v) is 15.4. The van der Waals surface area contributed by atoms with Crippen LogP contribution in [0.3, 0.4) is 0 Å². The predicted molar refractivity (Wildman–Crippen MR) is 108 cm³/mol. The Hall–Kier alpha value is -4.18. The Balaban J connectivity index is 1.53. The molecule has 0 aliphatic heterocycles. The molecule has 0 aliphatic rings. The molecule has 0 unspecified atom stereocenters. The molecular weight excluding hydrogens is 370 g/mol. The summed E-state index contributed by atoms with van der Waals surface area (Å²) < 4.78 is 5.30. The molecule has 0 fully saturated rings. The number of rotatable bonds is 7. The number of benzene rings is 3. The molecule has 0 aliphatic carbocycles. The van der Waals surface area contributed by atoms with E-state index in [1.165, 1.54) is 6.07 Å². The summed E-state index contributed by atoms with van der Waals surface area (Å²) in [7, 11) is 0. The molecule has 0 radical (unpaired) electrons. The molecule has 0 atom stereocenters. The van der Waals surface area contributed by atoms with E-state index in [0.717, 1.165) is 11.1 Å². The summed E-state index contributed by atoms with van der Waals surface area (Å²) in [4.78, 5) is 22.5. The van der Waals surface area contributed by atoms with Crippen LogP contribution in [0, 0.1) is 21.4 Å². The number of anilines is 1. The van der Waals surface area contributed by atoms with Crippen LogP contribution in [0.2, 0.25) is 0 Å². The normalized spacial score (nSPS) is 10.0. The van der Waals surface area contributed by atoms with Crippen LogP contribution in [-0.4, -0.2) is 17.4 Å². The van der Waals surface area contributed by atoms with E-state index >= 15 is 0 Å². The number of hydrogen-bond acceptors (Lipinski definition) is 6. The van der Waals surface area contributed by atoms with E-state index in [4.69, 9.17) is 10.00 Å². The fraction of sp³-hybridized carbons (Fsp3) is 0.0909. The van der Waals surface area contributed by atoms with E-state index in [9.17, 15) is 14.9 Å². The van der Waals surface area contributed by atoms with Crippen molar-refractivity contribution in [3.05, 3.63) is 88.5 Å². The molecule has 0 bridgehead atoms. The fourth-order valence-electron chi connectivity index (χ4n) is 2.72. The van der Waals surface area contributed by atoms with Gasteiger partial charge in [-0.15, -0.1) is 0 Å². The molecule has 29 heavy (non-hydrogen) atoms.